The van der Waals surface area contributed by atoms with E-state index < -0.39 is 23.3 Å². The van der Waals surface area contributed by atoms with E-state index in [1.54, 1.807) is 0 Å². The Morgan fingerprint density at radius 3 is 2.33 bits per heavy atom. The smallest absolute Gasteiger partial charge is 0.407 e. The second-order valence-corrected chi connectivity index (χ2v) is 5.56. The highest BCUT2D eigenvalue weighted by atomic mass is 19.1. The van der Waals surface area contributed by atoms with Gasteiger partial charge in [0, 0.05) is 6.54 Å². The fraction of sp³-hybridized carbons (Fsp3) is 0.222. The van der Waals surface area contributed by atoms with Crippen LogP contribution < -0.4 is 5.32 Å². The van der Waals surface area contributed by atoms with Crippen molar-refractivity contribution in [2.24, 2.45) is 0 Å². The van der Waals surface area contributed by atoms with Crippen LogP contribution in [0.2, 0.25) is 0 Å². The first-order chi connectivity index (χ1) is 11.4. The summed E-state index contributed by atoms with van der Waals surface area (Å²) >= 11 is 0. The molecule has 0 radical (unpaired) electrons. The standard InChI is InChI=1S/C18H18FNO4/c1-18(16(21)22,14-7-9-15(19)10-8-14)12-20-17(23)24-11-13-5-3-2-4-6-13/h2-10H,11-12H2,1H3,(H,20,23)(H,21,22). The van der Waals surface area contributed by atoms with E-state index in [9.17, 15) is 19.1 Å². The molecule has 0 aromatic heterocycles. The highest BCUT2D eigenvalue weighted by Gasteiger charge is 2.35. The zero-order valence-electron chi connectivity index (χ0n) is 13.2. The van der Waals surface area contributed by atoms with E-state index in [1.165, 1.54) is 31.2 Å². The van der Waals surface area contributed by atoms with Gasteiger partial charge in [-0.15, -0.1) is 0 Å². The van der Waals surface area contributed by atoms with Crippen molar-refractivity contribution in [3.63, 3.8) is 0 Å². The molecule has 0 spiro atoms. The third-order valence-corrected chi connectivity index (χ3v) is 3.75. The average molecular weight is 331 g/mol. The van der Waals surface area contributed by atoms with E-state index in [0.29, 0.717) is 5.56 Å². The van der Waals surface area contributed by atoms with Crippen molar-refractivity contribution in [2.75, 3.05) is 6.54 Å². The monoisotopic (exact) mass is 331 g/mol. The first-order valence-corrected chi connectivity index (χ1v) is 7.36. The first kappa shape index (κ1) is 17.5. The molecule has 5 nitrogen and oxygen atoms in total. The molecular formula is C18H18FNO4. The largest absolute Gasteiger partial charge is 0.481 e. The lowest BCUT2D eigenvalue weighted by Crippen LogP contribution is -2.44. The Bertz CT molecular complexity index is 703. The maximum Gasteiger partial charge on any atom is 0.407 e. The summed E-state index contributed by atoms with van der Waals surface area (Å²) in [6, 6.07) is 14.3. The summed E-state index contributed by atoms with van der Waals surface area (Å²) in [5.41, 5.74) is -0.175. The number of carbonyl (C=O) groups is 2. The minimum atomic E-state index is -1.39. The number of amides is 1. The molecule has 1 unspecified atom stereocenters. The van der Waals surface area contributed by atoms with Gasteiger partial charge in [-0.25, -0.2) is 9.18 Å². The average Bonchev–Trinajstić information content (AvgIpc) is 2.59. The predicted molar refractivity (Wildman–Crippen MR) is 86.0 cm³/mol. The molecule has 6 heteroatoms. The van der Waals surface area contributed by atoms with E-state index in [2.05, 4.69) is 5.32 Å². The zero-order valence-corrected chi connectivity index (χ0v) is 13.2. The normalized spacial score (nSPS) is 12.9. The molecule has 1 amide bonds. The summed E-state index contributed by atoms with van der Waals surface area (Å²) in [4.78, 5) is 23.4. The summed E-state index contributed by atoms with van der Waals surface area (Å²) in [5, 5.41) is 11.9. The van der Waals surface area contributed by atoms with Crippen LogP contribution >= 0.6 is 0 Å². The molecule has 126 valence electrons. The number of hydrogen-bond donors (Lipinski definition) is 2. The number of nitrogens with one attached hydrogen (secondary N) is 1. The van der Waals surface area contributed by atoms with Crippen LogP contribution in [0.1, 0.15) is 18.1 Å². The lowest BCUT2D eigenvalue weighted by Gasteiger charge is -2.25. The fourth-order valence-electron chi connectivity index (χ4n) is 2.14. The molecule has 0 aliphatic heterocycles. The van der Waals surface area contributed by atoms with Gasteiger partial charge >= 0.3 is 12.1 Å². The lowest BCUT2D eigenvalue weighted by atomic mass is 9.82. The van der Waals surface area contributed by atoms with Gasteiger partial charge in [0.2, 0.25) is 0 Å². The zero-order chi connectivity index (χ0) is 17.6. The van der Waals surface area contributed by atoms with Crippen molar-refractivity contribution in [1.29, 1.82) is 0 Å². The second-order valence-electron chi connectivity index (χ2n) is 5.56. The number of carboxylic acid groups (broad SMARTS) is 1. The summed E-state index contributed by atoms with van der Waals surface area (Å²) in [6.07, 6.45) is -0.714. The maximum atomic E-state index is 13.0. The minimum Gasteiger partial charge on any atom is -0.481 e. The Kier molecular flexibility index (Phi) is 5.52. The SMILES string of the molecule is CC(CNC(=O)OCc1ccccc1)(C(=O)O)c1ccc(F)cc1. The summed E-state index contributed by atoms with van der Waals surface area (Å²) in [5.74, 6) is -1.58. The van der Waals surface area contributed by atoms with Gasteiger partial charge in [0.05, 0.1) is 0 Å². The second kappa shape index (κ2) is 7.59. The molecule has 0 aliphatic rings. The van der Waals surface area contributed by atoms with Gasteiger partial charge in [-0.2, -0.15) is 0 Å². The summed E-state index contributed by atoms with van der Waals surface area (Å²) in [7, 11) is 0. The van der Waals surface area contributed by atoms with Gasteiger partial charge < -0.3 is 15.2 Å². The maximum absolute atomic E-state index is 13.0. The molecule has 0 fully saturated rings. The molecule has 2 aromatic rings. The molecule has 0 saturated carbocycles. The lowest BCUT2D eigenvalue weighted by molar-refractivity contribution is -0.143. The van der Waals surface area contributed by atoms with Gasteiger partial charge in [0.15, 0.2) is 0 Å². The Labute approximate surface area is 139 Å². The number of carbonyl (C=O) groups excluding carboxylic acids is 1. The van der Waals surface area contributed by atoms with Crippen molar-refractivity contribution >= 4 is 12.1 Å². The van der Waals surface area contributed by atoms with Crippen LogP contribution in [0, 0.1) is 5.82 Å². The third-order valence-electron chi connectivity index (χ3n) is 3.75. The van der Waals surface area contributed by atoms with E-state index in [0.717, 1.165) is 5.56 Å². The molecule has 2 rings (SSSR count). The van der Waals surface area contributed by atoms with Gasteiger partial charge in [0.25, 0.3) is 0 Å². The van der Waals surface area contributed by atoms with Crippen LogP contribution in [0.15, 0.2) is 54.6 Å². The number of aliphatic carboxylic acids is 1. The molecular weight excluding hydrogens is 313 g/mol. The Balaban J connectivity index is 1.97. The van der Waals surface area contributed by atoms with Gasteiger partial charge in [-0.1, -0.05) is 42.5 Å². The van der Waals surface area contributed by atoms with E-state index in [-0.39, 0.29) is 13.2 Å². The molecule has 0 heterocycles. The number of ether oxygens (including phenoxy) is 1. The van der Waals surface area contributed by atoms with Gasteiger partial charge in [-0.3, -0.25) is 4.79 Å². The number of benzene rings is 2. The van der Waals surface area contributed by atoms with Crippen LogP contribution in [-0.2, 0) is 21.6 Å². The molecule has 2 N–H and O–H groups in total. The van der Waals surface area contributed by atoms with Crippen molar-refractivity contribution in [1.82, 2.24) is 5.32 Å². The van der Waals surface area contributed by atoms with E-state index in [4.69, 9.17) is 4.74 Å². The molecule has 0 bridgehead atoms. The predicted octanol–water partition coefficient (Wildman–Crippen LogP) is 3.09. The minimum absolute atomic E-state index is 0.0903. The van der Waals surface area contributed by atoms with Crippen LogP contribution in [0.3, 0.4) is 0 Å². The summed E-state index contributed by atoms with van der Waals surface area (Å²) in [6.45, 7) is 1.37. The molecule has 2 aromatic carbocycles. The number of rotatable bonds is 6. The van der Waals surface area contributed by atoms with E-state index >= 15 is 0 Å². The number of alkyl carbamates (subject to hydrolysis) is 1. The molecule has 24 heavy (non-hydrogen) atoms. The summed E-state index contributed by atoms with van der Waals surface area (Å²) < 4.78 is 18.1. The highest BCUT2D eigenvalue weighted by molar-refractivity contribution is 5.82. The number of halogens is 1. The Morgan fingerprint density at radius 2 is 1.75 bits per heavy atom. The van der Waals surface area contributed by atoms with Gasteiger partial charge in [0.1, 0.15) is 17.8 Å². The van der Waals surface area contributed by atoms with Crippen LogP contribution in [-0.4, -0.2) is 23.7 Å². The van der Waals surface area contributed by atoms with Crippen LogP contribution in [0.25, 0.3) is 0 Å². The number of hydrogen-bond acceptors (Lipinski definition) is 3. The third kappa shape index (κ3) is 4.32. The Hall–Kier alpha value is -2.89. The highest BCUT2D eigenvalue weighted by Crippen LogP contribution is 2.24. The first-order valence-electron chi connectivity index (χ1n) is 7.36. The molecule has 0 aliphatic carbocycles. The van der Waals surface area contributed by atoms with Crippen LogP contribution in [0.5, 0.6) is 0 Å². The topological polar surface area (TPSA) is 75.6 Å². The van der Waals surface area contributed by atoms with E-state index in [1.807, 2.05) is 30.3 Å². The molecule has 1 atom stereocenters. The Morgan fingerprint density at radius 1 is 1.12 bits per heavy atom. The quantitative estimate of drug-likeness (QED) is 0.853. The fourth-order valence-corrected chi connectivity index (χ4v) is 2.14. The van der Waals surface area contributed by atoms with Crippen molar-refractivity contribution in [2.45, 2.75) is 18.9 Å². The van der Waals surface area contributed by atoms with Crippen molar-refractivity contribution < 1.29 is 23.8 Å². The van der Waals surface area contributed by atoms with Crippen molar-refractivity contribution in [3.05, 3.63) is 71.5 Å². The van der Waals surface area contributed by atoms with Crippen molar-refractivity contribution in [3.8, 4) is 0 Å². The number of carboxylic acids is 1. The van der Waals surface area contributed by atoms with Gasteiger partial charge in [-0.05, 0) is 30.2 Å². The molecule has 0 saturated heterocycles. The van der Waals surface area contributed by atoms with Crippen LogP contribution in [0.4, 0.5) is 9.18 Å².